The summed E-state index contributed by atoms with van der Waals surface area (Å²) in [5.41, 5.74) is 2.86. The molecule has 0 heterocycles. The van der Waals surface area contributed by atoms with Crippen molar-refractivity contribution >= 4 is 32.5 Å². The third kappa shape index (κ3) is 3.60. The molecular formula is C15H15NOTe. The standard InChI is InChI=1S/C15H15NOTe/c1-18-11-12-7-9-13(10-8-12)15(17)16-14-5-3-2-4-6-14/h2-10H,11H2,1H3,(H,16,17). The second-order valence-electron chi connectivity index (χ2n) is 3.95. The quantitative estimate of drug-likeness (QED) is 0.841. The summed E-state index contributed by atoms with van der Waals surface area (Å²) in [4.78, 5) is 14.3. The minimum atomic E-state index is -0.0549. The number of carbonyl (C=O) groups excluding carboxylic acids is 1. The number of hydrogen-bond acceptors (Lipinski definition) is 1. The summed E-state index contributed by atoms with van der Waals surface area (Å²) in [6.07, 6.45) is 0. The van der Waals surface area contributed by atoms with Crippen molar-refractivity contribution in [1.82, 2.24) is 0 Å². The molecule has 0 fully saturated rings. The predicted molar refractivity (Wildman–Crippen MR) is 76.2 cm³/mol. The molecule has 0 radical (unpaired) electrons. The van der Waals surface area contributed by atoms with E-state index in [4.69, 9.17) is 0 Å². The van der Waals surface area contributed by atoms with Gasteiger partial charge in [0.05, 0.1) is 0 Å². The van der Waals surface area contributed by atoms with Gasteiger partial charge in [0.1, 0.15) is 0 Å². The van der Waals surface area contributed by atoms with Gasteiger partial charge in [-0.15, -0.1) is 0 Å². The van der Waals surface area contributed by atoms with E-state index in [1.807, 2.05) is 54.6 Å². The van der Waals surface area contributed by atoms with Gasteiger partial charge in [0.2, 0.25) is 0 Å². The van der Waals surface area contributed by atoms with Crippen LogP contribution in [0.25, 0.3) is 0 Å². The van der Waals surface area contributed by atoms with E-state index in [1.54, 1.807) is 0 Å². The van der Waals surface area contributed by atoms with Crippen molar-refractivity contribution in [3.63, 3.8) is 0 Å². The number of carbonyl (C=O) groups is 1. The molecule has 92 valence electrons. The van der Waals surface area contributed by atoms with Gasteiger partial charge < -0.3 is 0 Å². The minimum absolute atomic E-state index is 0.0549. The summed E-state index contributed by atoms with van der Waals surface area (Å²) in [5.74, 6) is -0.0549. The summed E-state index contributed by atoms with van der Waals surface area (Å²) >= 11 is 0.106. The van der Waals surface area contributed by atoms with Crippen molar-refractivity contribution in [2.75, 3.05) is 5.32 Å². The summed E-state index contributed by atoms with van der Waals surface area (Å²) in [7, 11) is 0. The molecule has 0 aliphatic rings. The second-order valence-corrected chi connectivity index (χ2v) is 6.42. The molecule has 0 aliphatic heterocycles. The van der Waals surface area contributed by atoms with E-state index in [0.717, 1.165) is 5.69 Å². The van der Waals surface area contributed by atoms with Crippen LogP contribution in [-0.4, -0.2) is 26.8 Å². The third-order valence-corrected chi connectivity index (χ3v) is 4.33. The maximum atomic E-state index is 12.0. The molecular weight excluding hydrogens is 338 g/mol. The molecule has 2 aromatic rings. The average Bonchev–Trinajstić information content (AvgIpc) is 2.41. The number of rotatable bonds is 4. The fourth-order valence-corrected chi connectivity index (χ4v) is 3.14. The summed E-state index contributed by atoms with van der Waals surface area (Å²) in [5, 5.41) is 2.88. The van der Waals surface area contributed by atoms with Crippen LogP contribution >= 0.6 is 0 Å². The van der Waals surface area contributed by atoms with Crippen LogP contribution in [0, 0.1) is 0 Å². The van der Waals surface area contributed by atoms with Crippen molar-refractivity contribution in [2.24, 2.45) is 0 Å². The molecule has 3 heteroatoms. The number of amides is 1. The number of nitrogens with one attached hydrogen (secondary N) is 1. The van der Waals surface area contributed by atoms with Crippen LogP contribution in [0.4, 0.5) is 5.69 Å². The maximum absolute atomic E-state index is 12.0. The van der Waals surface area contributed by atoms with Crippen molar-refractivity contribution in [1.29, 1.82) is 0 Å². The molecule has 2 aromatic carbocycles. The van der Waals surface area contributed by atoms with Gasteiger partial charge in [0, 0.05) is 0 Å². The molecule has 18 heavy (non-hydrogen) atoms. The first kappa shape index (κ1) is 13.1. The van der Waals surface area contributed by atoms with E-state index in [0.29, 0.717) is 5.56 Å². The van der Waals surface area contributed by atoms with Crippen molar-refractivity contribution in [3.05, 3.63) is 65.7 Å². The molecule has 2 nitrogen and oxygen atoms in total. The van der Waals surface area contributed by atoms with Gasteiger partial charge in [-0.05, 0) is 0 Å². The Morgan fingerprint density at radius 1 is 1.06 bits per heavy atom. The summed E-state index contributed by atoms with van der Waals surface area (Å²) in [6.45, 7) is 0. The van der Waals surface area contributed by atoms with Crippen LogP contribution < -0.4 is 5.32 Å². The van der Waals surface area contributed by atoms with Gasteiger partial charge in [0.25, 0.3) is 0 Å². The fourth-order valence-electron chi connectivity index (χ4n) is 1.64. The monoisotopic (exact) mass is 355 g/mol. The van der Waals surface area contributed by atoms with Gasteiger partial charge >= 0.3 is 118 Å². The molecule has 0 aliphatic carbocycles. The van der Waals surface area contributed by atoms with Crippen molar-refractivity contribution in [2.45, 2.75) is 9.44 Å². The molecule has 0 saturated carbocycles. The number of hydrogen-bond donors (Lipinski definition) is 1. The zero-order valence-electron chi connectivity index (χ0n) is 10.2. The number of benzene rings is 2. The molecule has 2 rings (SSSR count). The molecule has 0 unspecified atom stereocenters. The zero-order chi connectivity index (χ0) is 12.8. The Balaban J connectivity index is 2.05. The van der Waals surface area contributed by atoms with E-state index < -0.39 is 0 Å². The van der Waals surface area contributed by atoms with Crippen LogP contribution in [0.1, 0.15) is 15.9 Å². The van der Waals surface area contributed by atoms with E-state index in [9.17, 15) is 4.79 Å². The molecule has 0 saturated heterocycles. The van der Waals surface area contributed by atoms with Gasteiger partial charge in [-0.25, -0.2) is 0 Å². The number of para-hydroxylation sites is 1. The molecule has 0 aromatic heterocycles. The Kier molecular flexibility index (Phi) is 4.81. The van der Waals surface area contributed by atoms with Gasteiger partial charge in [0.15, 0.2) is 0 Å². The molecule has 0 bridgehead atoms. The Morgan fingerprint density at radius 2 is 1.72 bits per heavy atom. The van der Waals surface area contributed by atoms with E-state index in [1.165, 1.54) is 10.0 Å². The Morgan fingerprint density at radius 3 is 2.33 bits per heavy atom. The molecule has 1 amide bonds. The molecule has 0 spiro atoms. The molecule has 1 N–H and O–H groups in total. The van der Waals surface area contributed by atoms with Gasteiger partial charge in [-0.3, -0.25) is 0 Å². The van der Waals surface area contributed by atoms with E-state index in [-0.39, 0.29) is 26.8 Å². The molecule has 0 atom stereocenters. The third-order valence-electron chi connectivity index (χ3n) is 2.56. The Hall–Kier alpha value is -1.30. The van der Waals surface area contributed by atoms with Gasteiger partial charge in [-0.2, -0.15) is 0 Å². The van der Waals surface area contributed by atoms with Crippen LogP contribution in [0.15, 0.2) is 54.6 Å². The van der Waals surface area contributed by atoms with Crippen LogP contribution in [0.2, 0.25) is 4.97 Å². The number of anilines is 1. The summed E-state index contributed by atoms with van der Waals surface area (Å²) in [6, 6.07) is 17.4. The first-order valence-corrected chi connectivity index (χ1v) is 9.71. The average molecular weight is 353 g/mol. The fraction of sp³-hybridized carbons (Fsp3) is 0.133. The van der Waals surface area contributed by atoms with Crippen molar-refractivity contribution in [3.8, 4) is 0 Å². The normalized spacial score (nSPS) is 10.1. The van der Waals surface area contributed by atoms with E-state index >= 15 is 0 Å². The van der Waals surface area contributed by atoms with Crippen LogP contribution in [-0.2, 0) is 4.47 Å². The van der Waals surface area contributed by atoms with Crippen LogP contribution in [0.5, 0.6) is 0 Å². The van der Waals surface area contributed by atoms with Gasteiger partial charge in [-0.1, -0.05) is 0 Å². The van der Waals surface area contributed by atoms with Crippen LogP contribution in [0.3, 0.4) is 0 Å². The topological polar surface area (TPSA) is 29.1 Å². The predicted octanol–water partition coefficient (Wildman–Crippen LogP) is 3.19. The zero-order valence-corrected chi connectivity index (χ0v) is 12.6. The Bertz CT molecular complexity index is 508. The van der Waals surface area contributed by atoms with E-state index in [2.05, 4.69) is 10.3 Å². The first-order chi connectivity index (χ1) is 8.79. The second kappa shape index (κ2) is 6.58. The van der Waals surface area contributed by atoms with Crippen molar-refractivity contribution < 1.29 is 4.79 Å². The first-order valence-electron chi connectivity index (χ1n) is 5.74. The SMILES string of the molecule is C[Te]Cc1ccc(C(=O)Nc2ccccc2)cc1. The Labute approximate surface area is 117 Å². The summed E-state index contributed by atoms with van der Waals surface area (Å²) < 4.78 is 1.19.